The fraction of sp³-hybridized carbons (Fsp3) is 0.333. The van der Waals surface area contributed by atoms with Gasteiger partial charge in [0.2, 0.25) is 22.3 Å². The first-order valence-corrected chi connectivity index (χ1v) is 9.51. The van der Waals surface area contributed by atoms with Gasteiger partial charge in [-0.3, -0.25) is 9.52 Å². The standard InChI is InChI=1S/C15H19ClN4O4S/c1-11(21)17-13-9-15(22)14(8-12(13)16)18-25(23,24)7-3-4-20-6-5-19(2)10-20/h5-6,8-10,18H,3-4,7H2,1-2H3,(H-,17,21,22)/p+1. The molecular formula is C15H20ClN4O4S+. The first-order chi connectivity index (χ1) is 11.7. The molecule has 2 rings (SSSR count). The van der Waals surface area contributed by atoms with Gasteiger partial charge in [0, 0.05) is 19.4 Å². The molecule has 0 bridgehead atoms. The summed E-state index contributed by atoms with van der Waals surface area (Å²) in [6.07, 6.45) is 5.98. The van der Waals surface area contributed by atoms with Crippen LogP contribution < -0.4 is 14.6 Å². The maximum Gasteiger partial charge on any atom is 0.243 e. The number of hydrogen-bond donors (Lipinski definition) is 3. The molecule has 2 aromatic rings. The van der Waals surface area contributed by atoms with Gasteiger partial charge in [-0.05, 0) is 6.07 Å². The predicted molar refractivity (Wildman–Crippen MR) is 95.1 cm³/mol. The zero-order valence-corrected chi connectivity index (χ0v) is 15.4. The molecule has 3 N–H and O–H groups in total. The number of phenolic OH excluding ortho intramolecular Hbond substituents is 1. The van der Waals surface area contributed by atoms with Gasteiger partial charge in [0.15, 0.2) is 0 Å². The monoisotopic (exact) mass is 387 g/mol. The minimum atomic E-state index is -3.65. The molecule has 0 atom stereocenters. The number of hydrogen-bond acceptors (Lipinski definition) is 4. The number of aromatic nitrogens is 2. The fourth-order valence-electron chi connectivity index (χ4n) is 2.22. The van der Waals surface area contributed by atoms with Crippen LogP contribution in [0, 0.1) is 0 Å². The van der Waals surface area contributed by atoms with Crippen molar-refractivity contribution < 1.29 is 22.9 Å². The Morgan fingerprint density at radius 1 is 1.36 bits per heavy atom. The van der Waals surface area contributed by atoms with Gasteiger partial charge in [0.1, 0.15) is 18.1 Å². The van der Waals surface area contributed by atoms with E-state index in [9.17, 15) is 18.3 Å². The summed E-state index contributed by atoms with van der Waals surface area (Å²) in [5.74, 6) is -0.790. The molecule has 136 valence electrons. The molecule has 0 aliphatic heterocycles. The highest BCUT2D eigenvalue weighted by Crippen LogP contribution is 2.34. The van der Waals surface area contributed by atoms with Crippen LogP contribution in [0.2, 0.25) is 5.02 Å². The quantitative estimate of drug-likeness (QED) is 0.494. The van der Waals surface area contributed by atoms with Crippen molar-refractivity contribution in [3.63, 3.8) is 0 Å². The molecule has 0 aliphatic carbocycles. The molecule has 1 amide bonds. The normalized spacial score (nSPS) is 11.3. The number of nitrogens with zero attached hydrogens (tertiary/aromatic N) is 2. The summed E-state index contributed by atoms with van der Waals surface area (Å²) >= 11 is 5.99. The van der Waals surface area contributed by atoms with Gasteiger partial charge >= 0.3 is 0 Å². The molecule has 10 heteroatoms. The molecule has 0 spiro atoms. The lowest BCUT2D eigenvalue weighted by Gasteiger charge is -2.12. The molecule has 1 heterocycles. The Labute approximate surface area is 151 Å². The second-order valence-corrected chi connectivity index (χ2v) is 7.87. The number of aromatic hydroxyl groups is 1. The van der Waals surface area contributed by atoms with Crippen LogP contribution in [0.1, 0.15) is 13.3 Å². The van der Waals surface area contributed by atoms with E-state index in [1.54, 1.807) is 0 Å². The van der Waals surface area contributed by atoms with Gasteiger partial charge in [-0.15, -0.1) is 0 Å². The van der Waals surface area contributed by atoms with Gasteiger partial charge in [-0.1, -0.05) is 11.6 Å². The van der Waals surface area contributed by atoms with Crippen LogP contribution >= 0.6 is 11.6 Å². The summed E-state index contributed by atoms with van der Waals surface area (Å²) < 4.78 is 30.4. The number of carbonyl (C=O) groups excluding carboxylic acids is 1. The van der Waals surface area contributed by atoms with Crippen LogP contribution in [0.25, 0.3) is 0 Å². The van der Waals surface area contributed by atoms with Crippen LogP contribution in [-0.4, -0.2) is 29.8 Å². The van der Waals surface area contributed by atoms with Crippen LogP contribution in [-0.2, 0) is 28.4 Å². The number of aryl methyl sites for hydroxylation is 2. The van der Waals surface area contributed by atoms with Crippen molar-refractivity contribution >= 4 is 38.9 Å². The average Bonchev–Trinajstić information content (AvgIpc) is 2.89. The smallest absolute Gasteiger partial charge is 0.243 e. The summed E-state index contributed by atoms with van der Waals surface area (Å²) in [6, 6.07) is 2.45. The number of phenols is 1. The minimum absolute atomic E-state index is 0.0357. The summed E-state index contributed by atoms with van der Waals surface area (Å²) in [7, 11) is -1.77. The number of rotatable bonds is 7. The Morgan fingerprint density at radius 3 is 2.68 bits per heavy atom. The van der Waals surface area contributed by atoms with Crippen molar-refractivity contribution in [3.8, 4) is 5.75 Å². The van der Waals surface area contributed by atoms with E-state index in [1.165, 1.54) is 19.1 Å². The molecule has 1 aromatic carbocycles. The average molecular weight is 388 g/mol. The van der Waals surface area contributed by atoms with Crippen LogP contribution in [0.3, 0.4) is 0 Å². The highest BCUT2D eigenvalue weighted by Gasteiger charge is 2.16. The van der Waals surface area contributed by atoms with Gasteiger partial charge in [0.25, 0.3) is 0 Å². The third kappa shape index (κ3) is 5.64. The lowest BCUT2D eigenvalue weighted by molar-refractivity contribution is -0.671. The van der Waals surface area contributed by atoms with Crippen LogP contribution in [0.5, 0.6) is 5.75 Å². The van der Waals surface area contributed by atoms with Gasteiger partial charge < -0.3 is 10.4 Å². The van der Waals surface area contributed by atoms with Crippen LogP contribution in [0.4, 0.5) is 11.4 Å². The zero-order valence-electron chi connectivity index (χ0n) is 13.9. The number of anilines is 2. The van der Waals surface area contributed by atoms with Gasteiger partial charge in [-0.2, -0.15) is 0 Å². The van der Waals surface area contributed by atoms with E-state index in [2.05, 4.69) is 10.0 Å². The van der Waals surface area contributed by atoms with E-state index in [1.807, 2.05) is 34.9 Å². The summed E-state index contributed by atoms with van der Waals surface area (Å²) in [4.78, 5) is 11.1. The number of sulfonamides is 1. The van der Waals surface area contributed by atoms with E-state index in [4.69, 9.17) is 11.6 Å². The molecule has 0 saturated carbocycles. The predicted octanol–water partition coefficient (Wildman–Crippen LogP) is 1.46. The van der Waals surface area contributed by atoms with Crippen molar-refractivity contribution in [2.75, 3.05) is 15.8 Å². The Morgan fingerprint density at radius 2 is 2.08 bits per heavy atom. The fourth-order valence-corrected chi connectivity index (χ4v) is 3.54. The number of amides is 1. The number of halogens is 1. The number of nitrogens with one attached hydrogen (secondary N) is 2. The first-order valence-electron chi connectivity index (χ1n) is 7.48. The van der Waals surface area contributed by atoms with Crippen molar-refractivity contribution in [1.82, 2.24) is 4.57 Å². The first kappa shape index (κ1) is 19.1. The van der Waals surface area contributed by atoms with Crippen LogP contribution in [0.15, 0.2) is 30.9 Å². The van der Waals surface area contributed by atoms with Crippen molar-refractivity contribution in [2.45, 2.75) is 19.9 Å². The van der Waals surface area contributed by atoms with Crippen molar-refractivity contribution in [3.05, 3.63) is 35.9 Å². The van der Waals surface area contributed by atoms with Crippen molar-refractivity contribution in [2.24, 2.45) is 7.05 Å². The second kappa shape index (κ2) is 7.75. The van der Waals surface area contributed by atoms with Gasteiger partial charge in [-0.25, -0.2) is 17.6 Å². The molecule has 0 radical (unpaired) electrons. The Bertz CT molecular complexity index is 880. The minimum Gasteiger partial charge on any atom is -0.506 e. The third-order valence-corrected chi connectivity index (χ3v) is 4.98. The highest BCUT2D eigenvalue weighted by molar-refractivity contribution is 7.92. The summed E-state index contributed by atoms with van der Waals surface area (Å²) in [5, 5.41) is 12.5. The Hall–Kier alpha value is -2.26. The lowest BCUT2D eigenvalue weighted by atomic mass is 10.2. The molecule has 0 aliphatic rings. The second-order valence-electron chi connectivity index (χ2n) is 5.62. The summed E-state index contributed by atoms with van der Waals surface area (Å²) in [5.41, 5.74) is 0.168. The van der Waals surface area contributed by atoms with E-state index in [0.717, 1.165) is 0 Å². The van der Waals surface area contributed by atoms with E-state index in [-0.39, 0.29) is 33.8 Å². The summed E-state index contributed by atoms with van der Waals surface area (Å²) in [6.45, 7) is 1.85. The van der Waals surface area contributed by atoms with E-state index >= 15 is 0 Å². The number of imidazole rings is 1. The zero-order chi connectivity index (χ0) is 18.6. The molecule has 1 aromatic heterocycles. The van der Waals surface area contributed by atoms with Crippen molar-refractivity contribution in [1.29, 1.82) is 0 Å². The third-order valence-electron chi connectivity index (χ3n) is 3.31. The molecule has 25 heavy (non-hydrogen) atoms. The maximum atomic E-state index is 12.2. The Kier molecular flexibility index (Phi) is 5.91. The van der Waals surface area contributed by atoms with Gasteiger partial charge in [0.05, 0.1) is 35.7 Å². The molecule has 8 nitrogen and oxygen atoms in total. The molecule has 0 unspecified atom stereocenters. The largest absolute Gasteiger partial charge is 0.506 e. The number of carbonyl (C=O) groups is 1. The highest BCUT2D eigenvalue weighted by atomic mass is 35.5. The molecular weight excluding hydrogens is 368 g/mol. The molecule has 0 saturated heterocycles. The topological polar surface area (TPSA) is 104 Å². The lowest BCUT2D eigenvalue weighted by Crippen LogP contribution is -2.24. The maximum absolute atomic E-state index is 12.2. The SMILES string of the molecule is CC(=O)Nc1cc(O)c(NS(=O)(=O)CCCn2cc[n+](C)c2)cc1Cl. The van der Waals surface area contributed by atoms with E-state index < -0.39 is 10.0 Å². The van der Waals surface area contributed by atoms with E-state index in [0.29, 0.717) is 13.0 Å². The Balaban J connectivity index is 2.01. The number of benzene rings is 1. The molecule has 0 fully saturated rings.